The maximum Gasteiger partial charge on any atom is 0.268 e. The zero-order chi connectivity index (χ0) is 10.3. The predicted octanol–water partition coefficient (Wildman–Crippen LogP) is 0.577. The highest BCUT2D eigenvalue weighted by Gasteiger charge is 2.23. The van der Waals surface area contributed by atoms with Crippen LogP contribution in [-0.2, 0) is 18.5 Å². The minimum Gasteiger partial charge on any atom is -0.312 e. The molecule has 2 heterocycles. The van der Waals surface area contributed by atoms with Crippen LogP contribution < -0.4 is 10.9 Å². The van der Waals surface area contributed by atoms with Gasteiger partial charge in [-0.15, -0.1) is 0 Å². The van der Waals surface area contributed by atoms with E-state index in [9.17, 15) is 4.79 Å². The van der Waals surface area contributed by atoms with Crippen molar-refractivity contribution < 1.29 is 0 Å². The first-order chi connectivity index (χ1) is 6.50. The molecule has 78 valence electrons. The molecule has 4 heteroatoms. The maximum atomic E-state index is 11.6. The second-order valence-electron chi connectivity index (χ2n) is 4.80. The number of aromatic nitrogens is 2. The van der Waals surface area contributed by atoms with Crippen LogP contribution in [0.2, 0.25) is 0 Å². The number of rotatable bonds is 0. The zero-order valence-electron chi connectivity index (χ0n) is 8.98. The lowest BCUT2D eigenvalue weighted by atomic mass is 10.1. The van der Waals surface area contributed by atoms with Gasteiger partial charge in [0.05, 0.1) is 11.1 Å². The first-order valence-corrected chi connectivity index (χ1v) is 5.04. The number of hydrogen-bond donors (Lipinski definition) is 2. The van der Waals surface area contributed by atoms with Crippen molar-refractivity contribution in [1.29, 1.82) is 0 Å². The van der Waals surface area contributed by atoms with E-state index in [0.29, 0.717) is 6.54 Å². The number of hydrogen-bond acceptors (Lipinski definition) is 2. The molecule has 2 N–H and O–H groups in total. The first kappa shape index (κ1) is 9.52. The van der Waals surface area contributed by atoms with E-state index in [1.165, 1.54) is 5.69 Å². The molecule has 0 aromatic carbocycles. The third-order valence-electron chi connectivity index (χ3n) is 2.62. The van der Waals surface area contributed by atoms with Crippen molar-refractivity contribution in [1.82, 2.24) is 15.1 Å². The monoisotopic (exact) mass is 195 g/mol. The topological polar surface area (TPSA) is 49.8 Å². The largest absolute Gasteiger partial charge is 0.312 e. The average Bonchev–Trinajstić information content (AvgIpc) is 2.44. The van der Waals surface area contributed by atoms with Crippen LogP contribution in [0.4, 0.5) is 0 Å². The molecule has 0 saturated carbocycles. The van der Waals surface area contributed by atoms with Crippen molar-refractivity contribution in [3.05, 3.63) is 21.6 Å². The van der Waals surface area contributed by atoms with Gasteiger partial charge in [-0.3, -0.25) is 14.6 Å². The number of nitrogens with one attached hydrogen (secondary N) is 2. The maximum absolute atomic E-state index is 11.6. The molecule has 4 nitrogen and oxygen atoms in total. The van der Waals surface area contributed by atoms with Crippen molar-refractivity contribution in [2.45, 2.75) is 39.3 Å². The molecule has 1 aromatic heterocycles. The molecule has 0 atom stereocenters. The van der Waals surface area contributed by atoms with Crippen molar-refractivity contribution in [2.75, 3.05) is 6.54 Å². The number of H-pyrrole nitrogens is 1. The van der Waals surface area contributed by atoms with Crippen LogP contribution in [0.25, 0.3) is 0 Å². The van der Waals surface area contributed by atoms with Gasteiger partial charge in [-0.2, -0.15) is 0 Å². The minimum absolute atomic E-state index is 0.0376. The molecule has 2 rings (SSSR count). The normalized spacial score (nSPS) is 16.8. The first-order valence-electron chi connectivity index (χ1n) is 5.04. The summed E-state index contributed by atoms with van der Waals surface area (Å²) in [5.74, 6) is 0. The van der Waals surface area contributed by atoms with E-state index < -0.39 is 0 Å². The highest BCUT2D eigenvalue weighted by atomic mass is 16.1. The molecule has 1 aromatic rings. The molecule has 0 spiro atoms. The molecule has 0 saturated heterocycles. The number of fused-ring (bicyclic) bond motifs is 1. The molecule has 0 fully saturated rings. The van der Waals surface area contributed by atoms with Crippen molar-refractivity contribution in [3.63, 3.8) is 0 Å². The molecular formula is C10H17N3O. The summed E-state index contributed by atoms with van der Waals surface area (Å²) in [6, 6.07) is 0. The summed E-state index contributed by atoms with van der Waals surface area (Å²) >= 11 is 0. The molecule has 0 unspecified atom stereocenters. The fourth-order valence-corrected chi connectivity index (χ4v) is 1.94. The van der Waals surface area contributed by atoms with Crippen LogP contribution in [0.1, 0.15) is 32.0 Å². The highest BCUT2D eigenvalue weighted by molar-refractivity contribution is 5.21. The lowest BCUT2D eigenvalue weighted by Gasteiger charge is -2.25. The summed E-state index contributed by atoms with van der Waals surface area (Å²) in [5.41, 5.74) is 2.10. The van der Waals surface area contributed by atoms with Gasteiger partial charge in [0.25, 0.3) is 5.56 Å². The number of aromatic amines is 1. The summed E-state index contributed by atoms with van der Waals surface area (Å²) in [7, 11) is 0. The Labute approximate surface area is 83.3 Å². The summed E-state index contributed by atoms with van der Waals surface area (Å²) in [5, 5.41) is 6.13. The Balaban J connectivity index is 2.58. The Morgan fingerprint density at radius 3 is 2.71 bits per heavy atom. The Morgan fingerprint density at radius 2 is 2.07 bits per heavy atom. The lowest BCUT2D eigenvalue weighted by Crippen LogP contribution is -2.30. The molecule has 0 radical (unpaired) electrons. The Morgan fingerprint density at radius 1 is 1.36 bits per heavy atom. The number of nitrogens with zero attached hydrogens (tertiary/aromatic N) is 1. The zero-order valence-corrected chi connectivity index (χ0v) is 8.98. The summed E-state index contributed by atoms with van der Waals surface area (Å²) in [4.78, 5) is 11.6. The molecule has 0 aliphatic carbocycles. The van der Waals surface area contributed by atoms with Crippen LogP contribution in [0.5, 0.6) is 0 Å². The lowest BCUT2D eigenvalue weighted by molar-refractivity contribution is 0.338. The van der Waals surface area contributed by atoms with Crippen molar-refractivity contribution >= 4 is 0 Å². The molecule has 0 bridgehead atoms. The van der Waals surface area contributed by atoms with Crippen LogP contribution in [-0.4, -0.2) is 16.3 Å². The second-order valence-corrected chi connectivity index (χ2v) is 4.80. The fourth-order valence-electron chi connectivity index (χ4n) is 1.94. The second kappa shape index (κ2) is 2.98. The fraction of sp³-hybridized carbons (Fsp3) is 0.700. The van der Waals surface area contributed by atoms with E-state index in [0.717, 1.165) is 18.5 Å². The van der Waals surface area contributed by atoms with Gasteiger partial charge in [0, 0.05) is 25.2 Å². The third-order valence-corrected chi connectivity index (χ3v) is 2.62. The van der Waals surface area contributed by atoms with Gasteiger partial charge in [-0.25, -0.2) is 0 Å². The van der Waals surface area contributed by atoms with Crippen LogP contribution >= 0.6 is 0 Å². The SMILES string of the molecule is CC(C)(C)n1[nH]c(=O)c2c1CCNC2. The van der Waals surface area contributed by atoms with E-state index in [1.54, 1.807) is 0 Å². The molecule has 1 aliphatic rings. The standard InChI is InChI=1S/C10H17N3O/c1-10(2,3)13-8-4-5-11-6-7(8)9(14)12-13/h11H,4-6H2,1-3H3,(H,12,14). The van der Waals surface area contributed by atoms with Gasteiger partial charge in [0.15, 0.2) is 0 Å². The van der Waals surface area contributed by atoms with Gasteiger partial charge in [-0.05, 0) is 20.8 Å². The van der Waals surface area contributed by atoms with Crippen LogP contribution in [0.3, 0.4) is 0 Å². The van der Waals surface area contributed by atoms with E-state index in [4.69, 9.17) is 0 Å². The highest BCUT2D eigenvalue weighted by Crippen LogP contribution is 2.18. The van der Waals surface area contributed by atoms with Gasteiger partial charge < -0.3 is 5.32 Å². The Bertz CT molecular complexity index is 394. The van der Waals surface area contributed by atoms with Gasteiger partial charge in [0.2, 0.25) is 0 Å². The molecular weight excluding hydrogens is 178 g/mol. The van der Waals surface area contributed by atoms with Gasteiger partial charge in [-0.1, -0.05) is 0 Å². The van der Waals surface area contributed by atoms with E-state index in [1.807, 2.05) is 4.68 Å². The van der Waals surface area contributed by atoms with Crippen LogP contribution in [0.15, 0.2) is 4.79 Å². The quantitative estimate of drug-likeness (QED) is 0.636. The smallest absolute Gasteiger partial charge is 0.268 e. The van der Waals surface area contributed by atoms with Crippen LogP contribution in [0, 0.1) is 0 Å². The average molecular weight is 195 g/mol. The van der Waals surface area contributed by atoms with Crippen molar-refractivity contribution in [3.8, 4) is 0 Å². The van der Waals surface area contributed by atoms with E-state index in [2.05, 4.69) is 31.2 Å². The third kappa shape index (κ3) is 1.39. The van der Waals surface area contributed by atoms with Gasteiger partial charge >= 0.3 is 0 Å². The van der Waals surface area contributed by atoms with Crippen molar-refractivity contribution in [2.24, 2.45) is 0 Å². The predicted molar refractivity (Wildman–Crippen MR) is 55.5 cm³/mol. The molecule has 0 amide bonds. The summed E-state index contributed by atoms with van der Waals surface area (Å²) in [6.45, 7) is 7.97. The molecule has 14 heavy (non-hydrogen) atoms. The summed E-state index contributed by atoms with van der Waals surface area (Å²) < 4.78 is 2.01. The van der Waals surface area contributed by atoms with E-state index >= 15 is 0 Å². The summed E-state index contributed by atoms with van der Waals surface area (Å²) in [6.07, 6.45) is 0.936. The minimum atomic E-state index is -0.0376. The van der Waals surface area contributed by atoms with E-state index in [-0.39, 0.29) is 11.1 Å². The Hall–Kier alpha value is -1.03. The molecule has 1 aliphatic heterocycles. The Kier molecular flexibility index (Phi) is 2.03. The van der Waals surface area contributed by atoms with Gasteiger partial charge in [0.1, 0.15) is 0 Å².